The van der Waals surface area contributed by atoms with Gasteiger partial charge in [-0.15, -0.1) is 0 Å². The second-order valence-electron chi connectivity index (χ2n) is 10.4. The number of carbonyl (C=O) groups is 1. The molecule has 0 saturated carbocycles. The van der Waals surface area contributed by atoms with E-state index in [2.05, 4.69) is 61.6 Å². The van der Waals surface area contributed by atoms with Gasteiger partial charge in [0.1, 0.15) is 29.5 Å². The van der Waals surface area contributed by atoms with Gasteiger partial charge in [0.05, 0.1) is 20.3 Å². The van der Waals surface area contributed by atoms with Crippen LogP contribution in [0.2, 0.25) is 0 Å². The van der Waals surface area contributed by atoms with Gasteiger partial charge in [-0.3, -0.25) is 0 Å². The average molecular weight is 546 g/mol. The van der Waals surface area contributed by atoms with Crippen LogP contribution in [-0.4, -0.2) is 38.6 Å². The number of carbonyl (C=O) groups excluding carboxylic acids is 1. The van der Waals surface area contributed by atoms with Gasteiger partial charge >= 0.3 is 6.09 Å². The summed E-state index contributed by atoms with van der Waals surface area (Å²) in [5.74, 6) is 2.29. The van der Waals surface area contributed by atoms with Gasteiger partial charge in [-0.05, 0) is 80.2 Å². The van der Waals surface area contributed by atoms with Gasteiger partial charge in [0.15, 0.2) is 0 Å². The smallest absolute Gasteiger partial charge is 0.407 e. The molecule has 0 aliphatic rings. The highest BCUT2D eigenvalue weighted by Gasteiger charge is 2.18. The van der Waals surface area contributed by atoms with Crippen LogP contribution in [0.5, 0.6) is 17.2 Å². The zero-order valence-electron chi connectivity index (χ0n) is 24.7. The van der Waals surface area contributed by atoms with Gasteiger partial charge in [-0.25, -0.2) is 4.79 Å². The molecule has 0 spiro atoms. The van der Waals surface area contributed by atoms with Crippen LogP contribution < -0.4 is 19.5 Å². The molecule has 3 aromatic rings. The van der Waals surface area contributed by atoms with Crippen LogP contribution in [0, 0.1) is 0 Å². The maximum atomic E-state index is 11.9. The second-order valence-corrected chi connectivity index (χ2v) is 10.4. The van der Waals surface area contributed by atoms with Gasteiger partial charge in [-0.1, -0.05) is 62.7 Å². The molecule has 0 saturated heterocycles. The van der Waals surface area contributed by atoms with E-state index in [1.165, 1.54) is 11.1 Å². The lowest BCUT2D eigenvalue weighted by Gasteiger charge is -2.20. The monoisotopic (exact) mass is 545 g/mol. The zero-order valence-corrected chi connectivity index (χ0v) is 24.7. The van der Waals surface area contributed by atoms with E-state index >= 15 is 0 Å². The molecular weight excluding hydrogens is 502 g/mol. The molecule has 0 radical (unpaired) electrons. The predicted octanol–water partition coefficient (Wildman–Crippen LogP) is 8.15. The Kier molecular flexibility index (Phi) is 11.5. The molecule has 6 heteroatoms. The van der Waals surface area contributed by atoms with Crippen molar-refractivity contribution in [2.75, 3.05) is 26.9 Å². The van der Waals surface area contributed by atoms with E-state index in [1.54, 1.807) is 7.11 Å². The molecule has 0 bridgehead atoms. The molecule has 40 heavy (non-hydrogen) atoms. The van der Waals surface area contributed by atoms with Crippen molar-refractivity contribution < 1.29 is 23.7 Å². The van der Waals surface area contributed by atoms with Crippen LogP contribution in [0.15, 0.2) is 72.8 Å². The predicted molar refractivity (Wildman–Crippen MR) is 162 cm³/mol. The van der Waals surface area contributed by atoms with E-state index < -0.39 is 11.7 Å². The summed E-state index contributed by atoms with van der Waals surface area (Å²) in [6.07, 6.45) is 2.48. The van der Waals surface area contributed by atoms with E-state index in [0.717, 1.165) is 53.2 Å². The van der Waals surface area contributed by atoms with Gasteiger partial charge in [-0.2, -0.15) is 0 Å². The first-order valence-electron chi connectivity index (χ1n) is 14.1. The third kappa shape index (κ3) is 9.08. The molecule has 1 N–H and O–H groups in total. The highest BCUT2D eigenvalue weighted by Crippen LogP contribution is 2.40. The lowest BCUT2D eigenvalue weighted by molar-refractivity contribution is 0.0520. The molecule has 0 unspecified atom stereocenters. The summed E-state index contributed by atoms with van der Waals surface area (Å²) in [6, 6.07) is 24.5. The van der Waals surface area contributed by atoms with E-state index in [-0.39, 0.29) is 0 Å². The Morgan fingerprint density at radius 3 is 2.12 bits per heavy atom. The van der Waals surface area contributed by atoms with Gasteiger partial charge < -0.3 is 24.3 Å². The molecule has 0 aliphatic carbocycles. The standard InChI is InChI=1S/C34H43NO5/c1-7-9-22-38-28-19-20-30(31(24-28)37-6)32(29(8-2)25-13-11-10-12-14-25)26-15-17-27(18-16-26)39-23-21-35-33(36)40-34(3,4)5/h10-20,24H,7-9,21-23H2,1-6H3,(H,35,36)/b32-29+. The van der Waals surface area contributed by atoms with Gasteiger partial charge in [0.2, 0.25) is 0 Å². The van der Waals surface area contributed by atoms with Crippen molar-refractivity contribution >= 4 is 17.2 Å². The van der Waals surface area contributed by atoms with Crippen LogP contribution in [0.25, 0.3) is 11.1 Å². The minimum atomic E-state index is -0.534. The molecule has 0 aromatic heterocycles. The van der Waals surface area contributed by atoms with Crippen molar-refractivity contribution in [3.63, 3.8) is 0 Å². The summed E-state index contributed by atoms with van der Waals surface area (Å²) < 4.78 is 23.0. The lowest BCUT2D eigenvalue weighted by atomic mass is 9.87. The fourth-order valence-corrected chi connectivity index (χ4v) is 4.31. The van der Waals surface area contributed by atoms with Crippen LogP contribution in [-0.2, 0) is 4.74 Å². The summed E-state index contributed by atoms with van der Waals surface area (Å²) in [6.45, 7) is 11.2. The highest BCUT2D eigenvalue weighted by molar-refractivity contribution is 6.00. The Balaban J connectivity index is 1.88. The second kappa shape index (κ2) is 15.0. The Morgan fingerprint density at radius 2 is 1.50 bits per heavy atom. The fraction of sp³-hybridized carbons (Fsp3) is 0.382. The summed E-state index contributed by atoms with van der Waals surface area (Å²) >= 11 is 0. The Bertz CT molecular complexity index is 1240. The van der Waals surface area contributed by atoms with E-state index in [4.69, 9.17) is 18.9 Å². The van der Waals surface area contributed by atoms with E-state index in [1.807, 2.05) is 51.1 Å². The number of allylic oxidation sites excluding steroid dienone is 1. The number of hydrogen-bond donors (Lipinski definition) is 1. The van der Waals surface area contributed by atoms with Crippen molar-refractivity contribution in [1.29, 1.82) is 0 Å². The summed E-state index contributed by atoms with van der Waals surface area (Å²) in [7, 11) is 1.70. The first kappa shape index (κ1) is 30.6. The quantitative estimate of drug-likeness (QED) is 0.173. The first-order chi connectivity index (χ1) is 19.3. The Hall–Kier alpha value is -3.93. The summed E-state index contributed by atoms with van der Waals surface area (Å²) in [5.41, 5.74) is 5.00. The van der Waals surface area contributed by atoms with Crippen molar-refractivity contribution in [3.05, 3.63) is 89.5 Å². The minimum Gasteiger partial charge on any atom is -0.496 e. The molecule has 0 heterocycles. The molecule has 0 aliphatic heterocycles. The third-order valence-corrected chi connectivity index (χ3v) is 6.17. The molecule has 6 nitrogen and oxygen atoms in total. The maximum Gasteiger partial charge on any atom is 0.407 e. The molecule has 3 rings (SSSR count). The Labute approximate surface area is 239 Å². The highest BCUT2D eigenvalue weighted by atomic mass is 16.6. The molecule has 0 fully saturated rings. The number of ether oxygens (including phenoxy) is 4. The lowest BCUT2D eigenvalue weighted by Crippen LogP contribution is -2.34. The maximum absolute atomic E-state index is 11.9. The molecule has 214 valence electrons. The normalized spacial score (nSPS) is 11.8. The van der Waals surface area contributed by atoms with Crippen molar-refractivity contribution in [3.8, 4) is 17.2 Å². The summed E-state index contributed by atoms with van der Waals surface area (Å²) in [5, 5.41) is 2.72. The zero-order chi connectivity index (χ0) is 29.0. The molecule has 3 aromatic carbocycles. The molecule has 0 atom stereocenters. The van der Waals surface area contributed by atoms with Crippen molar-refractivity contribution in [1.82, 2.24) is 5.32 Å². The van der Waals surface area contributed by atoms with Crippen LogP contribution >= 0.6 is 0 Å². The number of nitrogens with one attached hydrogen (secondary N) is 1. The van der Waals surface area contributed by atoms with Gasteiger partial charge in [0, 0.05) is 11.6 Å². The number of hydrogen-bond acceptors (Lipinski definition) is 5. The number of alkyl carbamates (subject to hydrolysis) is 1. The SMILES string of the molecule is CCCCOc1ccc(/C(=C(\CC)c2ccccc2)c2ccc(OCCNC(=O)OC(C)(C)C)cc2)c(OC)c1. The van der Waals surface area contributed by atoms with E-state index in [0.29, 0.717) is 19.8 Å². The number of methoxy groups -OCH3 is 1. The topological polar surface area (TPSA) is 66.0 Å². The minimum absolute atomic E-state index is 0.332. The number of unbranched alkanes of at least 4 members (excludes halogenated alkanes) is 1. The van der Waals surface area contributed by atoms with Crippen LogP contribution in [0.4, 0.5) is 4.79 Å². The first-order valence-corrected chi connectivity index (χ1v) is 14.1. The fourth-order valence-electron chi connectivity index (χ4n) is 4.31. The van der Waals surface area contributed by atoms with Crippen molar-refractivity contribution in [2.45, 2.75) is 59.5 Å². The van der Waals surface area contributed by atoms with Crippen molar-refractivity contribution in [2.24, 2.45) is 0 Å². The van der Waals surface area contributed by atoms with Crippen LogP contribution in [0.3, 0.4) is 0 Å². The number of benzene rings is 3. The third-order valence-electron chi connectivity index (χ3n) is 6.17. The number of amides is 1. The van der Waals surface area contributed by atoms with Gasteiger partial charge in [0.25, 0.3) is 0 Å². The molecular formula is C34H43NO5. The summed E-state index contributed by atoms with van der Waals surface area (Å²) in [4.78, 5) is 11.9. The average Bonchev–Trinajstić information content (AvgIpc) is 2.94. The molecule has 1 amide bonds. The van der Waals surface area contributed by atoms with Crippen LogP contribution in [0.1, 0.15) is 70.6 Å². The number of rotatable bonds is 13. The Morgan fingerprint density at radius 1 is 0.825 bits per heavy atom. The largest absolute Gasteiger partial charge is 0.496 e. The van der Waals surface area contributed by atoms with E-state index in [9.17, 15) is 4.79 Å².